The zero-order valence-electron chi connectivity index (χ0n) is 7.74. The number of hydrogen-bond donors (Lipinski definition) is 1. The van der Waals surface area contributed by atoms with Crippen LogP contribution in [0.2, 0.25) is 0 Å². The molecule has 0 radical (unpaired) electrons. The van der Waals surface area contributed by atoms with Crippen LogP contribution in [-0.2, 0) is 4.79 Å². The van der Waals surface area contributed by atoms with Crippen molar-refractivity contribution in [3.63, 3.8) is 0 Å². The number of hydrogen-bond acceptors (Lipinski definition) is 2. The van der Waals surface area contributed by atoms with Crippen molar-refractivity contribution >= 4 is 5.97 Å². The van der Waals surface area contributed by atoms with E-state index in [9.17, 15) is 4.79 Å². The second-order valence-corrected chi connectivity index (χ2v) is 2.65. The van der Waals surface area contributed by atoms with Crippen LogP contribution in [0.1, 0.15) is 13.3 Å². The van der Waals surface area contributed by atoms with Crippen LogP contribution >= 0.6 is 0 Å². The van der Waals surface area contributed by atoms with Crippen molar-refractivity contribution in [2.24, 2.45) is 0 Å². The monoisotopic (exact) mass is 169 g/mol. The Hall–Kier alpha value is -1.25. The van der Waals surface area contributed by atoms with E-state index in [1.165, 1.54) is 0 Å². The van der Waals surface area contributed by atoms with Gasteiger partial charge in [0.1, 0.15) is 0 Å². The molecule has 3 nitrogen and oxygen atoms in total. The predicted molar refractivity (Wildman–Crippen MR) is 48.8 cm³/mol. The molecule has 0 saturated heterocycles. The van der Waals surface area contributed by atoms with Crippen LogP contribution in [0.4, 0.5) is 0 Å². The first kappa shape index (κ1) is 10.8. The Morgan fingerprint density at radius 1 is 1.50 bits per heavy atom. The predicted octanol–water partition coefficient (Wildman–Crippen LogP) is 1.48. The molecule has 0 aliphatic heterocycles. The topological polar surface area (TPSA) is 40.5 Å². The molecule has 0 aromatic heterocycles. The van der Waals surface area contributed by atoms with Gasteiger partial charge in [0.15, 0.2) is 0 Å². The van der Waals surface area contributed by atoms with Crippen molar-refractivity contribution in [1.29, 1.82) is 0 Å². The van der Waals surface area contributed by atoms with Crippen LogP contribution < -0.4 is 0 Å². The van der Waals surface area contributed by atoms with Crippen molar-refractivity contribution in [2.75, 3.05) is 14.1 Å². The van der Waals surface area contributed by atoms with E-state index in [1.807, 2.05) is 33.2 Å². The number of nitrogens with zero attached hydrogens (tertiary/aromatic N) is 1. The highest BCUT2D eigenvalue weighted by Gasteiger charge is 2.03. The summed E-state index contributed by atoms with van der Waals surface area (Å²) in [5, 5.41) is 8.54. The van der Waals surface area contributed by atoms with E-state index in [2.05, 4.69) is 0 Å². The van der Waals surface area contributed by atoms with Gasteiger partial charge in [-0.2, -0.15) is 0 Å². The maximum absolute atomic E-state index is 10.4. The lowest BCUT2D eigenvalue weighted by Gasteiger charge is -2.14. The third-order valence-corrected chi connectivity index (χ3v) is 1.39. The summed E-state index contributed by atoms with van der Waals surface area (Å²) in [4.78, 5) is 12.2. The standard InChI is InChI=1S/C9H15NO2/c1-4-5-6-8(10(2)3)7-9(11)12/h4-6H,7H2,1-3H3,(H,11,12)/b5-4+,8-6+. The Bertz CT molecular complexity index is 205. The van der Waals surface area contributed by atoms with Gasteiger partial charge in [0, 0.05) is 19.8 Å². The maximum atomic E-state index is 10.4. The van der Waals surface area contributed by atoms with E-state index in [4.69, 9.17) is 5.11 Å². The highest BCUT2D eigenvalue weighted by Crippen LogP contribution is 2.04. The van der Waals surface area contributed by atoms with Gasteiger partial charge in [-0.1, -0.05) is 12.2 Å². The molecular weight excluding hydrogens is 154 g/mol. The summed E-state index contributed by atoms with van der Waals surface area (Å²) < 4.78 is 0. The molecule has 0 aliphatic carbocycles. The number of allylic oxidation sites excluding steroid dienone is 3. The molecule has 3 heteroatoms. The first-order valence-electron chi connectivity index (χ1n) is 3.79. The Morgan fingerprint density at radius 3 is 2.42 bits per heavy atom. The number of carboxylic acid groups (broad SMARTS) is 1. The van der Waals surface area contributed by atoms with Gasteiger partial charge in [-0.3, -0.25) is 4.79 Å². The van der Waals surface area contributed by atoms with E-state index in [0.717, 1.165) is 5.70 Å². The van der Waals surface area contributed by atoms with Gasteiger partial charge in [0.2, 0.25) is 0 Å². The molecule has 1 N–H and O–H groups in total. The Morgan fingerprint density at radius 2 is 2.08 bits per heavy atom. The van der Waals surface area contributed by atoms with Gasteiger partial charge < -0.3 is 10.0 Å². The Labute approximate surface area is 73.0 Å². The van der Waals surface area contributed by atoms with Crippen molar-refractivity contribution in [3.8, 4) is 0 Å². The summed E-state index contributed by atoms with van der Waals surface area (Å²) in [6.07, 6.45) is 5.56. The van der Waals surface area contributed by atoms with Crippen LogP contribution in [0, 0.1) is 0 Å². The van der Waals surface area contributed by atoms with Gasteiger partial charge in [0.25, 0.3) is 0 Å². The zero-order chi connectivity index (χ0) is 9.56. The van der Waals surface area contributed by atoms with E-state index in [-0.39, 0.29) is 6.42 Å². The normalized spacial score (nSPS) is 12.1. The van der Waals surface area contributed by atoms with Crippen molar-refractivity contribution in [1.82, 2.24) is 4.90 Å². The maximum Gasteiger partial charge on any atom is 0.309 e. The molecule has 0 amide bonds. The van der Waals surface area contributed by atoms with Crippen LogP contribution in [0.3, 0.4) is 0 Å². The second-order valence-electron chi connectivity index (χ2n) is 2.65. The lowest BCUT2D eigenvalue weighted by Crippen LogP contribution is -2.14. The smallest absolute Gasteiger partial charge is 0.309 e. The van der Waals surface area contributed by atoms with Crippen LogP contribution in [0.5, 0.6) is 0 Å². The second kappa shape index (κ2) is 5.41. The largest absolute Gasteiger partial charge is 0.481 e. The lowest BCUT2D eigenvalue weighted by molar-refractivity contribution is -0.136. The summed E-state index contributed by atoms with van der Waals surface area (Å²) in [5.41, 5.74) is 0.792. The van der Waals surface area contributed by atoms with Crippen LogP contribution in [-0.4, -0.2) is 30.1 Å². The average molecular weight is 169 g/mol. The fourth-order valence-electron chi connectivity index (χ4n) is 0.728. The van der Waals surface area contributed by atoms with Crippen LogP contribution in [0.25, 0.3) is 0 Å². The van der Waals surface area contributed by atoms with E-state index >= 15 is 0 Å². The molecule has 0 aromatic rings. The Balaban J connectivity index is 4.32. The van der Waals surface area contributed by atoms with Gasteiger partial charge in [0.05, 0.1) is 6.42 Å². The van der Waals surface area contributed by atoms with Crippen LogP contribution in [0.15, 0.2) is 23.9 Å². The Kier molecular flexibility index (Phi) is 4.84. The number of carbonyl (C=O) groups is 1. The molecule has 0 bridgehead atoms. The first-order valence-corrected chi connectivity index (χ1v) is 3.79. The summed E-state index contributed by atoms with van der Waals surface area (Å²) >= 11 is 0. The van der Waals surface area contributed by atoms with Crippen molar-refractivity contribution in [2.45, 2.75) is 13.3 Å². The highest BCUT2D eigenvalue weighted by molar-refractivity contribution is 5.69. The molecule has 0 atom stereocenters. The third-order valence-electron chi connectivity index (χ3n) is 1.39. The zero-order valence-corrected chi connectivity index (χ0v) is 7.74. The fourth-order valence-corrected chi connectivity index (χ4v) is 0.728. The van der Waals surface area contributed by atoms with Gasteiger partial charge >= 0.3 is 5.97 Å². The summed E-state index contributed by atoms with van der Waals surface area (Å²) in [6, 6.07) is 0. The molecular formula is C9H15NO2. The molecule has 0 heterocycles. The first-order chi connectivity index (χ1) is 5.57. The van der Waals surface area contributed by atoms with Gasteiger partial charge in [-0.25, -0.2) is 0 Å². The molecule has 0 spiro atoms. The summed E-state index contributed by atoms with van der Waals surface area (Å²) in [6.45, 7) is 1.89. The molecule has 68 valence electrons. The molecule has 0 unspecified atom stereocenters. The average Bonchev–Trinajstić information content (AvgIpc) is 1.96. The number of rotatable bonds is 4. The minimum atomic E-state index is -0.806. The summed E-state index contributed by atoms with van der Waals surface area (Å²) in [7, 11) is 3.66. The molecule has 0 aliphatic rings. The third kappa shape index (κ3) is 4.55. The van der Waals surface area contributed by atoms with Gasteiger partial charge in [-0.15, -0.1) is 0 Å². The van der Waals surface area contributed by atoms with E-state index in [0.29, 0.717) is 0 Å². The molecule has 0 fully saturated rings. The molecule has 0 saturated carbocycles. The van der Waals surface area contributed by atoms with Crippen molar-refractivity contribution in [3.05, 3.63) is 23.9 Å². The van der Waals surface area contributed by atoms with Gasteiger partial charge in [-0.05, 0) is 13.0 Å². The minimum Gasteiger partial charge on any atom is -0.481 e. The number of aliphatic carboxylic acids is 1. The fraction of sp³-hybridized carbons (Fsp3) is 0.444. The summed E-state index contributed by atoms with van der Waals surface area (Å²) in [5.74, 6) is -0.806. The highest BCUT2D eigenvalue weighted by atomic mass is 16.4. The number of carboxylic acids is 1. The van der Waals surface area contributed by atoms with E-state index < -0.39 is 5.97 Å². The minimum absolute atomic E-state index is 0.0668. The van der Waals surface area contributed by atoms with Crippen molar-refractivity contribution < 1.29 is 9.90 Å². The SMILES string of the molecule is C/C=C/C=C(\CC(=O)O)N(C)C. The molecule has 0 rings (SSSR count). The van der Waals surface area contributed by atoms with E-state index in [1.54, 1.807) is 11.0 Å². The quantitative estimate of drug-likeness (QED) is 0.648. The molecule has 12 heavy (non-hydrogen) atoms. The molecule has 0 aromatic carbocycles. The lowest BCUT2D eigenvalue weighted by atomic mass is 10.2.